The summed E-state index contributed by atoms with van der Waals surface area (Å²) in [5.41, 5.74) is 1.83. The number of hydrogen-bond acceptors (Lipinski definition) is 5. The van der Waals surface area contributed by atoms with Crippen LogP contribution in [0.25, 0.3) is 17.4 Å². The number of amidine groups is 1. The molecule has 4 aromatic rings. The second-order valence-corrected chi connectivity index (χ2v) is 9.33. The third-order valence-corrected chi connectivity index (χ3v) is 6.70. The molecule has 1 fully saturated rings. The lowest BCUT2D eigenvalue weighted by Crippen LogP contribution is -2.28. The molecule has 1 amide bonds. The van der Waals surface area contributed by atoms with Gasteiger partial charge >= 0.3 is 0 Å². The molecule has 0 atom stereocenters. The Bertz CT molecular complexity index is 1450. The highest BCUT2D eigenvalue weighted by Crippen LogP contribution is 2.39. The zero-order valence-electron chi connectivity index (χ0n) is 17.3. The van der Waals surface area contributed by atoms with Crippen LogP contribution in [0.3, 0.4) is 0 Å². The SMILES string of the molecule is O=C1/C(=C\c2ccc(-c3cc(Cl)ccc3Cl)o2)SC(=Nc2cccnc2Cl)N1c1ccccc1. The quantitative estimate of drug-likeness (QED) is 0.199. The summed E-state index contributed by atoms with van der Waals surface area (Å²) in [5, 5.41) is 1.78. The van der Waals surface area contributed by atoms with Crippen molar-refractivity contribution in [2.24, 2.45) is 4.99 Å². The largest absolute Gasteiger partial charge is 0.457 e. The van der Waals surface area contributed by atoms with Crippen LogP contribution in [-0.4, -0.2) is 16.1 Å². The minimum absolute atomic E-state index is 0.228. The van der Waals surface area contributed by atoms with E-state index in [-0.39, 0.29) is 11.1 Å². The average molecular weight is 527 g/mol. The van der Waals surface area contributed by atoms with Gasteiger partial charge in [0.1, 0.15) is 17.2 Å². The molecule has 5 rings (SSSR count). The molecule has 0 saturated carbocycles. The zero-order chi connectivity index (χ0) is 23.7. The van der Waals surface area contributed by atoms with Crippen molar-refractivity contribution in [1.82, 2.24) is 4.98 Å². The molecule has 2 aromatic heterocycles. The summed E-state index contributed by atoms with van der Waals surface area (Å²) < 4.78 is 5.95. The first-order valence-electron chi connectivity index (χ1n) is 10.0. The van der Waals surface area contributed by atoms with Gasteiger partial charge in [-0.15, -0.1) is 0 Å². The number of hydrogen-bond donors (Lipinski definition) is 0. The van der Waals surface area contributed by atoms with Gasteiger partial charge in [0, 0.05) is 22.9 Å². The molecule has 1 saturated heterocycles. The Hall–Kier alpha value is -3.03. The predicted octanol–water partition coefficient (Wildman–Crippen LogP) is 8.11. The molecule has 0 aliphatic carbocycles. The van der Waals surface area contributed by atoms with Crippen molar-refractivity contribution < 1.29 is 9.21 Å². The van der Waals surface area contributed by atoms with Crippen LogP contribution in [0.15, 0.2) is 93.3 Å². The number of thioether (sulfide) groups is 1. The lowest BCUT2D eigenvalue weighted by molar-refractivity contribution is -0.113. The molecule has 0 unspecified atom stereocenters. The highest BCUT2D eigenvalue weighted by Gasteiger charge is 2.35. The van der Waals surface area contributed by atoms with Crippen LogP contribution in [0.5, 0.6) is 0 Å². The number of amides is 1. The molecule has 5 nitrogen and oxygen atoms in total. The third kappa shape index (κ3) is 4.63. The Morgan fingerprint density at radius 3 is 2.59 bits per heavy atom. The van der Waals surface area contributed by atoms with Gasteiger partial charge in [0.05, 0.1) is 15.6 Å². The Morgan fingerprint density at radius 1 is 0.971 bits per heavy atom. The van der Waals surface area contributed by atoms with E-state index in [1.807, 2.05) is 30.3 Å². The highest BCUT2D eigenvalue weighted by molar-refractivity contribution is 8.19. The third-order valence-electron chi connectivity index (χ3n) is 4.87. The van der Waals surface area contributed by atoms with Crippen LogP contribution in [-0.2, 0) is 4.79 Å². The lowest BCUT2D eigenvalue weighted by Gasteiger charge is -2.15. The number of aromatic nitrogens is 1. The van der Waals surface area contributed by atoms with Gasteiger partial charge in [-0.2, -0.15) is 0 Å². The standard InChI is InChI=1S/C25H14Cl3N3O2S/c26-15-8-10-19(27)18(13-15)21-11-9-17(33-21)14-22-24(32)31(16-5-2-1-3-6-16)25(34-22)30-20-7-4-12-29-23(20)28/h1-14H/b22-14+,30-25?. The van der Waals surface area contributed by atoms with Crippen LogP contribution >= 0.6 is 46.6 Å². The molecule has 0 radical (unpaired) electrons. The lowest BCUT2D eigenvalue weighted by atomic mass is 10.2. The molecule has 3 heterocycles. The average Bonchev–Trinajstić information content (AvgIpc) is 3.42. The number of para-hydroxylation sites is 1. The van der Waals surface area contributed by atoms with Crippen LogP contribution in [0.4, 0.5) is 11.4 Å². The molecule has 0 bridgehead atoms. The molecular formula is C25H14Cl3N3O2S. The Morgan fingerprint density at radius 2 is 1.79 bits per heavy atom. The van der Waals surface area contributed by atoms with Gasteiger partial charge in [0.25, 0.3) is 5.91 Å². The van der Waals surface area contributed by atoms with Gasteiger partial charge in [-0.1, -0.05) is 53.0 Å². The molecule has 168 valence electrons. The summed E-state index contributed by atoms with van der Waals surface area (Å²) in [6, 6.07) is 21.5. The zero-order valence-corrected chi connectivity index (χ0v) is 20.4. The van der Waals surface area contributed by atoms with E-state index in [1.54, 1.807) is 54.7 Å². The van der Waals surface area contributed by atoms with Gasteiger partial charge in [-0.05, 0) is 66.4 Å². The Labute approximate surface area is 214 Å². The van der Waals surface area contributed by atoms with Crippen molar-refractivity contribution in [3.63, 3.8) is 0 Å². The summed E-state index contributed by atoms with van der Waals surface area (Å²) >= 11 is 19.8. The smallest absolute Gasteiger partial charge is 0.271 e. The number of anilines is 1. The van der Waals surface area contributed by atoms with E-state index < -0.39 is 0 Å². The maximum Gasteiger partial charge on any atom is 0.271 e. The van der Waals surface area contributed by atoms with Gasteiger partial charge in [0.2, 0.25) is 0 Å². The maximum absolute atomic E-state index is 13.4. The fraction of sp³-hybridized carbons (Fsp3) is 0. The molecular weight excluding hydrogens is 513 g/mol. The summed E-state index contributed by atoms with van der Waals surface area (Å²) in [5.74, 6) is 0.815. The van der Waals surface area contributed by atoms with E-state index in [2.05, 4.69) is 9.98 Å². The van der Waals surface area contributed by atoms with E-state index in [0.717, 1.165) is 0 Å². The first-order valence-corrected chi connectivity index (χ1v) is 12.0. The van der Waals surface area contributed by atoms with Crippen LogP contribution in [0.1, 0.15) is 5.76 Å². The van der Waals surface area contributed by atoms with Gasteiger partial charge in [-0.3, -0.25) is 9.69 Å². The Balaban J connectivity index is 1.53. The van der Waals surface area contributed by atoms with Gasteiger partial charge in [0.15, 0.2) is 10.3 Å². The highest BCUT2D eigenvalue weighted by atomic mass is 35.5. The summed E-state index contributed by atoms with van der Waals surface area (Å²) in [7, 11) is 0. The second-order valence-electron chi connectivity index (χ2n) is 7.12. The first-order chi connectivity index (χ1) is 16.5. The van der Waals surface area contributed by atoms with Crippen molar-refractivity contribution >= 4 is 75.1 Å². The number of aliphatic imine (C=N–C) groups is 1. The monoisotopic (exact) mass is 525 g/mol. The molecule has 2 aromatic carbocycles. The number of carbonyl (C=O) groups is 1. The van der Waals surface area contributed by atoms with Crippen LogP contribution in [0, 0.1) is 0 Å². The molecule has 1 aliphatic rings. The number of furan rings is 1. The molecule has 1 aliphatic heterocycles. The second kappa shape index (κ2) is 9.68. The van der Waals surface area contributed by atoms with E-state index in [0.29, 0.717) is 48.6 Å². The van der Waals surface area contributed by atoms with Gasteiger partial charge < -0.3 is 4.42 Å². The fourth-order valence-electron chi connectivity index (χ4n) is 3.31. The van der Waals surface area contributed by atoms with Crippen molar-refractivity contribution in [1.29, 1.82) is 0 Å². The van der Waals surface area contributed by atoms with Crippen LogP contribution in [0.2, 0.25) is 15.2 Å². The van der Waals surface area contributed by atoms with Crippen molar-refractivity contribution in [2.45, 2.75) is 0 Å². The molecule has 34 heavy (non-hydrogen) atoms. The normalized spacial score (nSPS) is 16.1. The van der Waals surface area contributed by atoms with E-state index in [4.69, 9.17) is 39.2 Å². The van der Waals surface area contributed by atoms with Crippen molar-refractivity contribution in [3.05, 3.63) is 105 Å². The van der Waals surface area contributed by atoms with Crippen molar-refractivity contribution in [3.8, 4) is 11.3 Å². The topological polar surface area (TPSA) is 58.7 Å². The number of benzene rings is 2. The number of halogens is 3. The summed E-state index contributed by atoms with van der Waals surface area (Å²) in [6.45, 7) is 0. The summed E-state index contributed by atoms with van der Waals surface area (Å²) in [6.07, 6.45) is 3.26. The first kappa shape index (κ1) is 22.7. The van der Waals surface area contributed by atoms with E-state index in [1.165, 1.54) is 16.7 Å². The Kier molecular flexibility index (Phi) is 6.48. The number of rotatable bonds is 4. The van der Waals surface area contributed by atoms with Gasteiger partial charge in [-0.25, -0.2) is 9.98 Å². The number of carbonyl (C=O) groups excluding carboxylic acids is 1. The van der Waals surface area contributed by atoms with E-state index >= 15 is 0 Å². The number of nitrogens with zero attached hydrogens (tertiary/aromatic N) is 3. The molecule has 0 spiro atoms. The maximum atomic E-state index is 13.4. The van der Waals surface area contributed by atoms with Crippen molar-refractivity contribution in [2.75, 3.05) is 4.90 Å². The predicted molar refractivity (Wildman–Crippen MR) is 140 cm³/mol. The minimum atomic E-state index is -0.228. The fourth-order valence-corrected chi connectivity index (χ4v) is 4.83. The molecule has 9 heteroatoms. The number of pyridine rings is 1. The minimum Gasteiger partial charge on any atom is -0.457 e. The summed E-state index contributed by atoms with van der Waals surface area (Å²) in [4.78, 5) is 24.1. The van der Waals surface area contributed by atoms with Crippen LogP contribution < -0.4 is 4.90 Å². The van der Waals surface area contributed by atoms with E-state index in [9.17, 15) is 4.79 Å². The molecule has 0 N–H and O–H groups in total.